The Balaban J connectivity index is 1.91. The van der Waals surface area contributed by atoms with Gasteiger partial charge in [-0.25, -0.2) is 0 Å². The summed E-state index contributed by atoms with van der Waals surface area (Å²) >= 11 is 3.38. The monoisotopic (exact) mass is 299 g/mol. The summed E-state index contributed by atoms with van der Waals surface area (Å²) in [5.41, 5.74) is 0. The van der Waals surface area contributed by atoms with Crippen LogP contribution in [0.4, 0.5) is 0 Å². The third-order valence-electron chi connectivity index (χ3n) is 3.61. The van der Waals surface area contributed by atoms with E-state index < -0.39 is 0 Å². The van der Waals surface area contributed by atoms with Crippen LogP contribution in [0.3, 0.4) is 0 Å². The number of allylic oxidation sites excluding steroid dienone is 2. The summed E-state index contributed by atoms with van der Waals surface area (Å²) in [7, 11) is 0. The Hall–Kier alpha value is -0.640. The number of carbonyl (C=O) groups is 2. The van der Waals surface area contributed by atoms with E-state index in [4.69, 9.17) is 0 Å². The van der Waals surface area contributed by atoms with Crippen molar-refractivity contribution in [3.05, 3.63) is 12.2 Å². The molecule has 4 heteroatoms. The number of halogens is 1. The molecule has 2 atom stereocenters. The fourth-order valence-corrected chi connectivity index (χ4v) is 3.03. The largest absolute Gasteiger partial charge is 0.282 e. The third kappa shape index (κ3) is 2.62. The molecule has 0 bridgehead atoms. The van der Waals surface area contributed by atoms with Gasteiger partial charge in [-0.2, -0.15) is 0 Å². The van der Waals surface area contributed by atoms with E-state index in [1.54, 1.807) is 0 Å². The molecule has 1 saturated heterocycles. The quantitative estimate of drug-likeness (QED) is 0.338. The first-order valence-corrected chi connectivity index (χ1v) is 7.44. The molecule has 0 aromatic rings. The van der Waals surface area contributed by atoms with Crippen LogP contribution in [0, 0.1) is 11.8 Å². The Kier molecular flexibility index (Phi) is 4.37. The van der Waals surface area contributed by atoms with Crippen molar-refractivity contribution in [2.45, 2.75) is 32.1 Å². The summed E-state index contributed by atoms with van der Waals surface area (Å²) in [6.45, 7) is 0.609. The molecular weight excluding hydrogens is 282 g/mol. The highest BCUT2D eigenvalue weighted by Crippen LogP contribution is 2.35. The molecule has 0 aromatic carbocycles. The molecule has 1 aliphatic heterocycles. The molecule has 3 nitrogen and oxygen atoms in total. The maximum absolute atomic E-state index is 12.1. The van der Waals surface area contributed by atoms with Gasteiger partial charge < -0.3 is 0 Å². The van der Waals surface area contributed by atoms with Gasteiger partial charge in [-0.15, -0.1) is 0 Å². The third-order valence-corrected chi connectivity index (χ3v) is 4.17. The molecule has 1 heterocycles. The van der Waals surface area contributed by atoms with Gasteiger partial charge in [0.15, 0.2) is 0 Å². The number of nitrogens with zero attached hydrogens (tertiary/aromatic N) is 1. The first-order valence-electron chi connectivity index (χ1n) is 6.32. The minimum atomic E-state index is -0.0660. The number of hydrogen-bond acceptors (Lipinski definition) is 2. The molecule has 2 amide bonds. The van der Waals surface area contributed by atoms with Crippen LogP contribution in [0.1, 0.15) is 32.1 Å². The average Bonchev–Trinajstić information content (AvgIpc) is 2.60. The molecule has 0 saturated carbocycles. The topological polar surface area (TPSA) is 37.4 Å². The number of alkyl halides is 1. The summed E-state index contributed by atoms with van der Waals surface area (Å²) in [5, 5.41) is 0.990. The second-order valence-corrected chi connectivity index (χ2v) is 5.53. The van der Waals surface area contributed by atoms with Crippen molar-refractivity contribution in [1.82, 2.24) is 4.90 Å². The van der Waals surface area contributed by atoms with Crippen molar-refractivity contribution in [3.63, 3.8) is 0 Å². The Bertz CT molecular complexity index is 314. The fourth-order valence-electron chi connectivity index (χ4n) is 2.63. The lowest BCUT2D eigenvalue weighted by Crippen LogP contribution is -2.32. The number of fused-ring (bicyclic) bond motifs is 1. The van der Waals surface area contributed by atoms with E-state index in [0.29, 0.717) is 6.54 Å². The van der Waals surface area contributed by atoms with Crippen LogP contribution in [0.25, 0.3) is 0 Å². The van der Waals surface area contributed by atoms with Gasteiger partial charge in [0.05, 0.1) is 11.8 Å². The van der Waals surface area contributed by atoms with Crippen molar-refractivity contribution in [2.24, 2.45) is 11.8 Å². The second kappa shape index (κ2) is 5.80. The number of imide groups is 1. The lowest BCUT2D eigenvalue weighted by Gasteiger charge is -2.14. The number of hydrogen-bond donors (Lipinski definition) is 0. The van der Waals surface area contributed by atoms with Gasteiger partial charge >= 0.3 is 0 Å². The Morgan fingerprint density at radius 3 is 2.18 bits per heavy atom. The van der Waals surface area contributed by atoms with Crippen molar-refractivity contribution in [3.8, 4) is 0 Å². The lowest BCUT2D eigenvalue weighted by atomic mass is 9.85. The van der Waals surface area contributed by atoms with E-state index in [2.05, 4.69) is 15.9 Å². The van der Waals surface area contributed by atoms with Crippen LogP contribution in [0.15, 0.2) is 12.2 Å². The summed E-state index contributed by atoms with van der Waals surface area (Å²) < 4.78 is 0. The summed E-state index contributed by atoms with van der Waals surface area (Å²) in [5.74, 6) is -0.0151. The van der Waals surface area contributed by atoms with Gasteiger partial charge in [-0.05, 0) is 25.7 Å². The average molecular weight is 300 g/mol. The van der Waals surface area contributed by atoms with Crippen LogP contribution in [-0.4, -0.2) is 28.6 Å². The molecule has 1 aliphatic carbocycles. The van der Waals surface area contributed by atoms with Gasteiger partial charge in [0.25, 0.3) is 0 Å². The summed E-state index contributed by atoms with van der Waals surface area (Å²) in [6, 6.07) is 0. The predicted octanol–water partition coefficient (Wildman–Crippen LogP) is 2.50. The zero-order valence-corrected chi connectivity index (χ0v) is 11.5. The highest BCUT2D eigenvalue weighted by atomic mass is 79.9. The van der Waals surface area contributed by atoms with E-state index in [0.717, 1.165) is 37.4 Å². The number of amides is 2. The van der Waals surface area contributed by atoms with Crippen LogP contribution >= 0.6 is 15.9 Å². The van der Waals surface area contributed by atoms with Crippen LogP contribution in [0.5, 0.6) is 0 Å². The van der Waals surface area contributed by atoms with E-state index in [1.165, 1.54) is 4.90 Å². The molecule has 17 heavy (non-hydrogen) atoms. The maximum atomic E-state index is 12.1. The van der Waals surface area contributed by atoms with Gasteiger partial charge in [-0.3, -0.25) is 14.5 Å². The fraction of sp³-hybridized carbons (Fsp3) is 0.692. The van der Waals surface area contributed by atoms with Gasteiger partial charge in [-0.1, -0.05) is 34.5 Å². The standard InChI is InChI=1S/C13H18BrNO2/c14-8-4-1-5-9-15-12(16)10-6-2-3-7-11(10)13(15)17/h2-3,10-11H,1,4-9H2. The number of unbranched alkanes of at least 4 members (excludes halogenated alkanes) is 2. The van der Waals surface area contributed by atoms with Crippen LogP contribution < -0.4 is 0 Å². The predicted molar refractivity (Wildman–Crippen MR) is 69.7 cm³/mol. The molecule has 1 fully saturated rings. The number of likely N-dealkylation sites (tertiary alicyclic amines) is 1. The molecular formula is C13H18BrNO2. The van der Waals surface area contributed by atoms with Crippen LogP contribution in [0.2, 0.25) is 0 Å². The maximum Gasteiger partial charge on any atom is 0.233 e. The summed E-state index contributed by atoms with van der Waals surface area (Å²) in [6.07, 6.45) is 8.64. The smallest absolute Gasteiger partial charge is 0.233 e. The molecule has 2 aliphatic rings. The van der Waals surface area contributed by atoms with Gasteiger partial charge in [0.2, 0.25) is 11.8 Å². The normalized spacial score (nSPS) is 27.7. The zero-order valence-electron chi connectivity index (χ0n) is 9.90. The Morgan fingerprint density at radius 1 is 1.06 bits per heavy atom. The minimum Gasteiger partial charge on any atom is -0.282 e. The Morgan fingerprint density at radius 2 is 1.65 bits per heavy atom. The van der Waals surface area contributed by atoms with E-state index >= 15 is 0 Å². The molecule has 94 valence electrons. The first kappa shape index (κ1) is 12.8. The van der Waals surface area contributed by atoms with Crippen LogP contribution in [-0.2, 0) is 9.59 Å². The first-order chi connectivity index (χ1) is 8.25. The van der Waals surface area contributed by atoms with Crippen molar-refractivity contribution >= 4 is 27.7 Å². The molecule has 0 N–H and O–H groups in total. The number of carbonyl (C=O) groups excluding carboxylic acids is 2. The highest BCUT2D eigenvalue weighted by molar-refractivity contribution is 9.09. The van der Waals surface area contributed by atoms with Crippen molar-refractivity contribution < 1.29 is 9.59 Å². The highest BCUT2D eigenvalue weighted by Gasteiger charge is 2.46. The number of rotatable bonds is 5. The minimum absolute atomic E-state index is 0.0585. The molecule has 2 unspecified atom stereocenters. The Labute approximate surface area is 110 Å². The zero-order chi connectivity index (χ0) is 12.3. The molecule has 2 rings (SSSR count). The van der Waals surface area contributed by atoms with E-state index in [9.17, 15) is 9.59 Å². The van der Waals surface area contributed by atoms with Crippen molar-refractivity contribution in [2.75, 3.05) is 11.9 Å². The van der Waals surface area contributed by atoms with Crippen molar-refractivity contribution in [1.29, 1.82) is 0 Å². The summed E-state index contributed by atoms with van der Waals surface area (Å²) in [4.78, 5) is 25.6. The molecule has 0 spiro atoms. The second-order valence-electron chi connectivity index (χ2n) is 4.73. The van der Waals surface area contributed by atoms with Gasteiger partial charge in [0.1, 0.15) is 0 Å². The lowest BCUT2D eigenvalue weighted by molar-refractivity contribution is -0.139. The molecule has 0 radical (unpaired) electrons. The van der Waals surface area contributed by atoms with E-state index in [-0.39, 0.29) is 23.7 Å². The van der Waals surface area contributed by atoms with E-state index in [1.807, 2.05) is 12.2 Å². The van der Waals surface area contributed by atoms with Gasteiger partial charge in [0, 0.05) is 11.9 Å². The SMILES string of the molecule is O=C1C2CC=CCC2C(=O)N1CCCCCBr. The molecule has 0 aromatic heterocycles.